The number of para-hydroxylation sites is 1. The van der Waals surface area contributed by atoms with E-state index in [-0.39, 0.29) is 30.9 Å². The number of carbonyl (C=O) groups excluding carboxylic acids is 2. The van der Waals surface area contributed by atoms with E-state index in [9.17, 15) is 14.0 Å². The summed E-state index contributed by atoms with van der Waals surface area (Å²) >= 11 is 0. The lowest BCUT2D eigenvalue weighted by Gasteiger charge is -2.22. The Labute approximate surface area is 192 Å². The summed E-state index contributed by atoms with van der Waals surface area (Å²) < 4.78 is 24.6. The fourth-order valence-electron chi connectivity index (χ4n) is 3.00. The highest BCUT2D eigenvalue weighted by molar-refractivity contribution is 5.88. The molecule has 8 heteroatoms. The van der Waals surface area contributed by atoms with Gasteiger partial charge in [0.25, 0.3) is 5.91 Å². The van der Waals surface area contributed by atoms with E-state index in [2.05, 4.69) is 15.6 Å². The first kappa shape index (κ1) is 23.7. The molecule has 0 saturated heterocycles. The van der Waals surface area contributed by atoms with E-state index >= 15 is 0 Å². The monoisotopic (exact) mass is 451 g/mol. The van der Waals surface area contributed by atoms with Crippen molar-refractivity contribution in [2.24, 2.45) is 5.92 Å². The van der Waals surface area contributed by atoms with Crippen molar-refractivity contribution in [3.05, 3.63) is 84.3 Å². The van der Waals surface area contributed by atoms with Crippen LogP contribution in [0, 0.1) is 11.7 Å². The van der Waals surface area contributed by atoms with Crippen molar-refractivity contribution in [2.45, 2.75) is 26.4 Å². The van der Waals surface area contributed by atoms with Crippen LogP contribution in [0.25, 0.3) is 0 Å². The maximum absolute atomic E-state index is 13.4. The number of ether oxygens (including phenoxy) is 2. The highest BCUT2D eigenvalue weighted by atomic mass is 19.1. The smallest absolute Gasteiger partial charge is 0.258 e. The van der Waals surface area contributed by atoms with Gasteiger partial charge in [0.2, 0.25) is 11.8 Å². The van der Waals surface area contributed by atoms with E-state index in [1.807, 2.05) is 32.0 Å². The third-order valence-corrected chi connectivity index (χ3v) is 4.69. The van der Waals surface area contributed by atoms with E-state index in [1.54, 1.807) is 36.5 Å². The number of pyridine rings is 1. The van der Waals surface area contributed by atoms with E-state index in [0.29, 0.717) is 17.1 Å². The summed E-state index contributed by atoms with van der Waals surface area (Å²) in [5, 5.41) is 5.53. The van der Waals surface area contributed by atoms with Gasteiger partial charge in [-0.25, -0.2) is 9.37 Å². The van der Waals surface area contributed by atoms with Gasteiger partial charge >= 0.3 is 0 Å². The van der Waals surface area contributed by atoms with Crippen molar-refractivity contribution >= 4 is 11.8 Å². The average Bonchev–Trinajstić information content (AvgIpc) is 2.81. The number of nitrogens with one attached hydrogen (secondary N) is 2. The number of rotatable bonds is 10. The maximum Gasteiger partial charge on any atom is 0.258 e. The number of carbonyl (C=O) groups is 2. The largest absolute Gasteiger partial charge is 0.484 e. The first-order valence-electron chi connectivity index (χ1n) is 10.5. The minimum atomic E-state index is -0.749. The van der Waals surface area contributed by atoms with E-state index in [1.165, 1.54) is 18.2 Å². The zero-order valence-corrected chi connectivity index (χ0v) is 18.5. The summed E-state index contributed by atoms with van der Waals surface area (Å²) in [6, 6.07) is 17.4. The first-order valence-corrected chi connectivity index (χ1v) is 10.5. The number of halogens is 1. The molecule has 7 nitrogen and oxygen atoms in total. The highest BCUT2D eigenvalue weighted by Gasteiger charge is 2.24. The molecule has 0 aliphatic rings. The van der Waals surface area contributed by atoms with E-state index in [4.69, 9.17) is 9.47 Å². The molecule has 1 unspecified atom stereocenters. The molecule has 172 valence electrons. The van der Waals surface area contributed by atoms with Crippen molar-refractivity contribution in [1.29, 1.82) is 0 Å². The lowest BCUT2D eigenvalue weighted by atomic mass is 10.0. The minimum Gasteiger partial charge on any atom is -0.484 e. The molecular formula is C25H26FN3O4. The van der Waals surface area contributed by atoms with Crippen LogP contribution in [0.15, 0.2) is 72.9 Å². The van der Waals surface area contributed by atoms with Crippen LogP contribution in [0.2, 0.25) is 0 Å². The number of amides is 2. The highest BCUT2D eigenvalue weighted by Crippen LogP contribution is 2.23. The normalized spacial score (nSPS) is 11.5. The second-order valence-electron chi connectivity index (χ2n) is 7.64. The van der Waals surface area contributed by atoms with Crippen LogP contribution in [0.4, 0.5) is 4.39 Å². The van der Waals surface area contributed by atoms with Crippen molar-refractivity contribution in [2.75, 3.05) is 6.61 Å². The second kappa shape index (κ2) is 11.6. The third kappa shape index (κ3) is 7.31. The molecule has 0 bridgehead atoms. The van der Waals surface area contributed by atoms with Crippen LogP contribution in [0.5, 0.6) is 17.4 Å². The quantitative estimate of drug-likeness (QED) is 0.489. The molecule has 0 aliphatic carbocycles. The van der Waals surface area contributed by atoms with Gasteiger partial charge in [0.05, 0.1) is 0 Å². The maximum atomic E-state index is 13.4. The van der Waals surface area contributed by atoms with Crippen molar-refractivity contribution in [3.8, 4) is 17.4 Å². The standard InChI is InChI=1S/C25H26FN3O4/c1-17(2)23(29-22(30)16-32-20-10-4-3-5-11-20)24(31)28-15-18-8-7-13-27-25(18)33-21-12-6-9-19(26)14-21/h3-14,17,23H,15-16H2,1-2H3,(H,28,31)(H,29,30). The molecule has 0 radical (unpaired) electrons. The van der Waals surface area contributed by atoms with E-state index < -0.39 is 17.8 Å². The molecule has 2 aromatic carbocycles. The molecule has 1 heterocycles. The predicted molar refractivity (Wildman–Crippen MR) is 121 cm³/mol. The molecule has 1 atom stereocenters. The number of nitrogens with zero attached hydrogens (tertiary/aromatic N) is 1. The molecule has 0 saturated carbocycles. The summed E-state index contributed by atoms with van der Waals surface area (Å²) in [6.45, 7) is 3.60. The molecule has 3 aromatic rings. The van der Waals surface area contributed by atoms with Crippen molar-refractivity contribution in [3.63, 3.8) is 0 Å². The molecule has 0 aliphatic heterocycles. The SMILES string of the molecule is CC(C)C(NC(=O)COc1ccccc1)C(=O)NCc1cccnc1Oc1cccc(F)c1. The number of aromatic nitrogens is 1. The fourth-order valence-corrected chi connectivity index (χ4v) is 3.00. The molecule has 0 spiro atoms. The average molecular weight is 451 g/mol. The number of hydrogen-bond acceptors (Lipinski definition) is 5. The van der Waals surface area contributed by atoms with Gasteiger partial charge in [0, 0.05) is 24.4 Å². The van der Waals surface area contributed by atoms with Gasteiger partial charge in [-0.05, 0) is 36.2 Å². The van der Waals surface area contributed by atoms with Gasteiger partial charge in [-0.1, -0.05) is 44.2 Å². The zero-order valence-electron chi connectivity index (χ0n) is 18.5. The molecule has 2 amide bonds. The molecule has 3 rings (SSSR count). The second-order valence-corrected chi connectivity index (χ2v) is 7.64. The summed E-state index contributed by atoms with van der Waals surface area (Å²) in [6.07, 6.45) is 1.55. The van der Waals surface area contributed by atoms with Gasteiger partial charge in [0.15, 0.2) is 6.61 Å². The van der Waals surface area contributed by atoms with Gasteiger partial charge < -0.3 is 20.1 Å². The molecule has 1 aromatic heterocycles. The predicted octanol–water partition coefficient (Wildman–Crippen LogP) is 3.85. The molecule has 2 N–H and O–H groups in total. The molecular weight excluding hydrogens is 425 g/mol. The van der Waals surface area contributed by atoms with E-state index in [0.717, 1.165) is 0 Å². The van der Waals surface area contributed by atoms with Crippen LogP contribution in [-0.4, -0.2) is 29.4 Å². The van der Waals surface area contributed by atoms with Gasteiger partial charge in [-0.15, -0.1) is 0 Å². The van der Waals surface area contributed by atoms with Gasteiger partial charge in [-0.2, -0.15) is 0 Å². The summed E-state index contributed by atoms with van der Waals surface area (Å²) in [5.41, 5.74) is 0.608. The van der Waals surface area contributed by atoms with Crippen molar-refractivity contribution < 1.29 is 23.5 Å². The summed E-state index contributed by atoms with van der Waals surface area (Å²) in [7, 11) is 0. The topological polar surface area (TPSA) is 89.5 Å². The minimum absolute atomic E-state index is 0.122. The Balaban J connectivity index is 1.58. The van der Waals surface area contributed by atoms with Gasteiger partial charge in [-0.3, -0.25) is 9.59 Å². The van der Waals surface area contributed by atoms with Crippen LogP contribution in [0.1, 0.15) is 19.4 Å². The fraction of sp³-hybridized carbons (Fsp3) is 0.240. The third-order valence-electron chi connectivity index (χ3n) is 4.69. The molecule has 33 heavy (non-hydrogen) atoms. The van der Waals surface area contributed by atoms with Crippen LogP contribution in [0.3, 0.4) is 0 Å². The van der Waals surface area contributed by atoms with Crippen molar-refractivity contribution in [1.82, 2.24) is 15.6 Å². The Hall–Kier alpha value is -3.94. The number of benzene rings is 2. The van der Waals surface area contributed by atoms with Crippen LogP contribution >= 0.6 is 0 Å². The molecule has 0 fully saturated rings. The lowest BCUT2D eigenvalue weighted by Crippen LogP contribution is -2.50. The Morgan fingerprint density at radius 2 is 1.76 bits per heavy atom. The van der Waals surface area contributed by atoms with Crippen LogP contribution < -0.4 is 20.1 Å². The van der Waals surface area contributed by atoms with Crippen LogP contribution in [-0.2, 0) is 16.1 Å². The Bertz CT molecular complexity index is 1080. The summed E-state index contributed by atoms with van der Waals surface area (Å²) in [5.74, 6) is -0.201. The lowest BCUT2D eigenvalue weighted by molar-refractivity contribution is -0.131. The Morgan fingerprint density at radius 3 is 2.48 bits per heavy atom. The zero-order chi connectivity index (χ0) is 23.6. The summed E-state index contributed by atoms with van der Waals surface area (Å²) in [4.78, 5) is 29.3. The van der Waals surface area contributed by atoms with Gasteiger partial charge in [0.1, 0.15) is 23.4 Å². The Kier molecular flexibility index (Phi) is 8.35. The Morgan fingerprint density at radius 1 is 1.00 bits per heavy atom. The number of hydrogen-bond donors (Lipinski definition) is 2. The first-order chi connectivity index (χ1) is 15.9.